The number of ether oxygens (including phenoxy) is 1. The normalized spacial score (nSPS) is 11.8. The fraction of sp³-hybridized carbons (Fsp3) is 0.240. The molecule has 0 unspecified atom stereocenters. The Morgan fingerprint density at radius 1 is 0.897 bits per heavy atom. The van der Waals surface area contributed by atoms with E-state index in [1.165, 1.54) is 10.5 Å². The number of nitrogens with one attached hydrogen (secondary N) is 2. The lowest BCUT2D eigenvalue weighted by molar-refractivity contribution is -0.884. The van der Waals surface area contributed by atoms with Crippen molar-refractivity contribution in [1.82, 2.24) is 5.32 Å². The zero-order valence-corrected chi connectivity index (χ0v) is 17.1. The zero-order valence-electron chi connectivity index (χ0n) is 17.1. The Hall–Kier alpha value is -3.11. The second-order valence-corrected chi connectivity index (χ2v) is 7.42. The standard InChI is InChI=1S/C25H28N2O2/c1-27(2)22(17-20-11-5-3-6-12-20)18-26-25(28)19-29-24-16-10-9-15-23(24)21-13-7-4-8-14-21/h3-16,22H,17-19H2,1-2H3,(H,26,28)/p+1/t22-/m1/s1. The van der Waals surface area contributed by atoms with Gasteiger partial charge in [0.2, 0.25) is 0 Å². The van der Waals surface area contributed by atoms with Crippen molar-refractivity contribution < 1.29 is 14.4 Å². The second kappa shape index (κ2) is 10.4. The number of amides is 1. The molecule has 0 fully saturated rings. The highest BCUT2D eigenvalue weighted by Crippen LogP contribution is 2.29. The van der Waals surface area contributed by atoms with Crippen LogP contribution in [0, 0.1) is 0 Å². The van der Waals surface area contributed by atoms with Crippen molar-refractivity contribution in [2.45, 2.75) is 12.5 Å². The number of rotatable bonds is 9. The van der Waals surface area contributed by atoms with Crippen LogP contribution in [0.15, 0.2) is 84.9 Å². The average Bonchev–Trinajstić information content (AvgIpc) is 2.76. The number of hydrogen-bond donors (Lipinski definition) is 2. The molecule has 3 rings (SSSR count). The van der Waals surface area contributed by atoms with Gasteiger partial charge in [-0.05, 0) is 17.2 Å². The molecule has 0 aromatic heterocycles. The Labute approximate surface area is 173 Å². The van der Waals surface area contributed by atoms with Gasteiger partial charge in [-0.15, -0.1) is 0 Å². The van der Waals surface area contributed by atoms with Gasteiger partial charge >= 0.3 is 0 Å². The lowest BCUT2D eigenvalue weighted by atomic mass is 10.0. The summed E-state index contributed by atoms with van der Waals surface area (Å²) >= 11 is 0. The second-order valence-electron chi connectivity index (χ2n) is 7.42. The maximum atomic E-state index is 12.4. The van der Waals surface area contributed by atoms with E-state index < -0.39 is 0 Å². The Bertz CT molecular complexity index is 895. The molecule has 0 spiro atoms. The highest BCUT2D eigenvalue weighted by atomic mass is 16.5. The number of hydrogen-bond acceptors (Lipinski definition) is 2. The summed E-state index contributed by atoms with van der Waals surface area (Å²) in [5.74, 6) is 0.611. The van der Waals surface area contributed by atoms with Crippen LogP contribution in [0.2, 0.25) is 0 Å². The van der Waals surface area contributed by atoms with E-state index in [1.54, 1.807) is 0 Å². The third kappa shape index (κ3) is 6.19. The summed E-state index contributed by atoms with van der Waals surface area (Å²) < 4.78 is 5.85. The minimum atomic E-state index is -0.104. The molecule has 0 aliphatic rings. The Kier molecular flexibility index (Phi) is 7.42. The fourth-order valence-corrected chi connectivity index (χ4v) is 3.26. The van der Waals surface area contributed by atoms with Crippen LogP contribution in [-0.4, -0.2) is 39.2 Å². The van der Waals surface area contributed by atoms with E-state index >= 15 is 0 Å². The summed E-state index contributed by atoms with van der Waals surface area (Å²) in [5, 5.41) is 3.03. The van der Waals surface area contributed by atoms with Gasteiger partial charge in [-0.25, -0.2) is 0 Å². The van der Waals surface area contributed by atoms with Gasteiger partial charge in [0.05, 0.1) is 20.6 Å². The monoisotopic (exact) mass is 389 g/mol. The Morgan fingerprint density at radius 2 is 1.52 bits per heavy atom. The molecule has 3 aromatic carbocycles. The van der Waals surface area contributed by atoms with Crippen molar-refractivity contribution in [2.24, 2.45) is 0 Å². The SMILES string of the molecule is C[NH+](C)[C@@H](CNC(=O)COc1ccccc1-c1ccccc1)Cc1ccccc1. The minimum Gasteiger partial charge on any atom is -0.483 e. The molecule has 2 N–H and O–H groups in total. The van der Waals surface area contributed by atoms with E-state index in [1.807, 2.05) is 72.8 Å². The third-order valence-corrected chi connectivity index (χ3v) is 5.02. The predicted molar refractivity (Wildman–Crippen MR) is 117 cm³/mol. The summed E-state index contributed by atoms with van der Waals surface area (Å²) in [6, 6.07) is 28.5. The van der Waals surface area contributed by atoms with E-state index in [0.717, 1.165) is 17.5 Å². The maximum Gasteiger partial charge on any atom is 0.258 e. The Morgan fingerprint density at radius 3 is 2.21 bits per heavy atom. The van der Waals surface area contributed by atoms with Crippen molar-refractivity contribution in [3.05, 3.63) is 90.5 Å². The zero-order chi connectivity index (χ0) is 20.5. The number of quaternary nitrogens is 1. The van der Waals surface area contributed by atoms with Crippen molar-refractivity contribution in [3.63, 3.8) is 0 Å². The number of para-hydroxylation sites is 1. The summed E-state index contributed by atoms with van der Waals surface area (Å²) in [5.41, 5.74) is 3.34. The number of likely N-dealkylation sites (N-methyl/N-ethyl adjacent to an activating group) is 1. The molecule has 0 radical (unpaired) electrons. The van der Waals surface area contributed by atoms with Gasteiger partial charge in [0.25, 0.3) is 5.91 Å². The van der Waals surface area contributed by atoms with Gasteiger partial charge in [-0.2, -0.15) is 0 Å². The highest BCUT2D eigenvalue weighted by molar-refractivity contribution is 5.78. The van der Waals surface area contributed by atoms with E-state index in [-0.39, 0.29) is 12.5 Å². The first-order valence-electron chi connectivity index (χ1n) is 10.0. The van der Waals surface area contributed by atoms with Crippen molar-refractivity contribution in [1.29, 1.82) is 0 Å². The lowest BCUT2D eigenvalue weighted by Gasteiger charge is -2.22. The molecular formula is C25H29N2O2+. The number of benzene rings is 3. The first kappa shape index (κ1) is 20.6. The average molecular weight is 390 g/mol. The van der Waals surface area contributed by atoms with Crippen LogP contribution in [0.25, 0.3) is 11.1 Å². The van der Waals surface area contributed by atoms with Gasteiger partial charge in [0.15, 0.2) is 6.61 Å². The van der Waals surface area contributed by atoms with Crippen molar-refractivity contribution >= 4 is 5.91 Å². The Balaban J connectivity index is 1.55. The molecule has 1 atom stereocenters. The van der Waals surface area contributed by atoms with Crippen molar-refractivity contribution in [2.75, 3.05) is 27.2 Å². The minimum absolute atomic E-state index is 0.00463. The highest BCUT2D eigenvalue weighted by Gasteiger charge is 2.17. The maximum absolute atomic E-state index is 12.4. The predicted octanol–water partition coefficient (Wildman–Crippen LogP) is 2.60. The van der Waals surface area contributed by atoms with Crippen LogP contribution in [0.1, 0.15) is 5.56 Å². The first-order valence-corrected chi connectivity index (χ1v) is 10.0. The largest absolute Gasteiger partial charge is 0.483 e. The molecule has 1 amide bonds. The van der Waals surface area contributed by atoms with E-state index in [0.29, 0.717) is 18.3 Å². The van der Waals surface area contributed by atoms with Gasteiger partial charge < -0.3 is 15.0 Å². The van der Waals surface area contributed by atoms with Crippen molar-refractivity contribution in [3.8, 4) is 16.9 Å². The van der Waals surface area contributed by atoms with E-state index in [2.05, 4.69) is 31.5 Å². The van der Waals surface area contributed by atoms with Crippen LogP contribution < -0.4 is 15.0 Å². The third-order valence-electron chi connectivity index (χ3n) is 5.02. The van der Waals surface area contributed by atoms with Crippen LogP contribution in [0.4, 0.5) is 0 Å². The lowest BCUT2D eigenvalue weighted by Crippen LogP contribution is -3.11. The van der Waals surface area contributed by atoms with Gasteiger partial charge in [0, 0.05) is 12.0 Å². The summed E-state index contributed by atoms with van der Waals surface area (Å²) in [6.45, 7) is 0.615. The van der Waals surface area contributed by atoms with Crippen LogP contribution >= 0.6 is 0 Å². The molecule has 0 heterocycles. The topological polar surface area (TPSA) is 42.8 Å². The van der Waals surface area contributed by atoms with Gasteiger partial charge in [0.1, 0.15) is 11.8 Å². The molecule has 0 saturated carbocycles. The molecule has 4 heteroatoms. The molecule has 4 nitrogen and oxygen atoms in total. The molecular weight excluding hydrogens is 360 g/mol. The number of carbonyl (C=O) groups is 1. The molecule has 150 valence electrons. The van der Waals surface area contributed by atoms with E-state index in [9.17, 15) is 4.79 Å². The fourth-order valence-electron chi connectivity index (χ4n) is 3.26. The van der Waals surface area contributed by atoms with Gasteiger partial charge in [-0.1, -0.05) is 78.9 Å². The van der Waals surface area contributed by atoms with Gasteiger partial charge in [-0.3, -0.25) is 4.79 Å². The first-order chi connectivity index (χ1) is 14.1. The molecule has 0 aliphatic carbocycles. The van der Waals surface area contributed by atoms with Crippen LogP contribution in [-0.2, 0) is 11.2 Å². The summed E-state index contributed by atoms with van der Waals surface area (Å²) in [4.78, 5) is 13.7. The molecule has 29 heavy (non-hydrogen) atoms. The van der Waals surface area contributed by atoms with Crippen LogP contribution in [0.3, 0.4) is 0 Å². The van der Waals surface area contributed by atoms with Crippen LogP contribution in [0.5, 0.6) is 5.75 Å². The number of carbonyl (C=O) groups excluding carboxylic acids is 1. The molecule has 0 bridgehead atoms. The molecule has 0 saturated heterocycles. The molecule has 0 aliphatic heterocycles. The summed E-state index contributed by atoms with van der Waals surface area (Å²) in [6.07, 6.45) is 0.918. The quantitative estimate of drug-likeness (QED) is 0.591. The van der Waals surface area contributed by atoms with E-state index in [4.69, 9.17) is 4.74 Å². The molecule has 3 aromatic rings. The smallest absolute Gasteiger partial charge is 0.258 e. The summed E-state index contributed by atoms with van der Waals surface area (Å²) in [7, 11) is 4.23.